The van der Waals surface area contributed by atoms with Crippen LogP contribution in [0.3, 0.4) is 0 Å². The molecule has 30 heavy (non-hydrogen) atoms. The number of benzene rings is 2. The molecule has 7 heteroatoms. The second-order valence-corrected chi connectivity index (χ2v) is 7.87. The lowest BCUT2D eigenvalue weighted by Crippen LogP contribution is -2.33. The Hall–Kier alpha value is -2.77. The fraction of sp³-hybridized carbons (Fsp3) is 0.348. The molecule has 2 aromatic carbocycles. The summed E-state index contributed by atoms with van der Waals surface area (Å²) in [6.07, 6.45) is 1.23. The van der Waals surface area contributed by atoms with Gasteiger partial charge in [0.15, 0.2) is 11.6 Å². The minimum atomic E-state index is -1.20. The molecular formula is C23H24F2N2O3. The zero-order chi connectivity index (χ0) is 21.5. The first kappa shape index (κ1) is 20.5. The molecule has 0 aliphatic heterocycles. The molecule has 1 aliphatic carbocycles. The average Bonchev–Trinajstić information content (AvgIpc) is 3.18. The predicted octanol–water partition coefficient (Wildman–Crippen LogP) is 4.26. The van der Waals surface area contributed by atoms with Crippen molar-refractivity contribution < 1.29 is 23.7 Å². The van der Waals surface area contributed by atoms with E-state index in [1.54, 1.807) is 31.2 Å². The van der Waals surface area contributed by atoms with Crippen LogP contribution in [0.15, 0.2) is 42.5 Å². The molecule has 0 spiro atoms. The van der Waals surface area contributed by atoms with Crippen LogP contribution in [0.1, 0.15) is 36.9 Å². The van der Waals surface area contributed by atoms with E-state index in [9.17, 15) is 19.0 Å². The number of methoxy groups -OCH3 is 1. The van der Waals surface area contributed by atoms with Crippen LogP contribution in [-0.4, -0.2) is 33.2 Å². The first-order valence-electron chi connectivity index (χ1n) is 9.92. The molecular weight excluding hydrogens is 390 g/mol. The molecule has 2 N–H and O–H groups in total. The first-order chi connectivity index (χ1) is 14.3. The minimum Gasteiger partial charge on any atom is -0.494 e. The van der Waals surface area contributed by atoms with Gasteiger partial charge in [0.1, 0.15) is 11.4 Å². The molecule has 1 fully saturated rings. The van der Waals surface area contributed by atoms with Crippen molar-refractivity contribution >= 4 is 0 Å². The van der Waals surface area contributed by atoms with E-state index in [0.717, 1.165) is 0 Å². The zero-order valence-electron chi connectivity index (χ0n) is 16.9. The molecule has 1 saturated carbocycles. The van der Waals surface area contributed by atoms with Crippen LogP contribution in [0.4, 0.5) is 8.78 Å². The Balaban J connectivity index is 1.85. The molecule has 0 unspecified atom stereocenters. The average molecular weight is 414 g/mol. The fourth-order valence-electron chi connectivity index (χ4n) is 3.89. The maximum atomic E-state index is 14.4. The van der Waals surface area contributed by atoms with Crippen molar-refractivity contribution in [1.29, 1.82) is 0 Å². The van der Waals surface area contributed by atoms with Crippen LogP contribution in [0.25, 0.3) is 16.9 Å². The predicted molar refractivity (Wildman–Crippen MR) is 109 cm³/mol. The van der Waals surface area contributed by atoms with Gasteiger partial charge in [0.05, 0.1) is 30.3 Å². The van der Waals surface area contributed by atoms with Crippen molar-refractivity contribution in [3.8, 4) is 22.7 Å². The molecule has 1 aromatic heterocycles. The Morgan fingerprint density at radius 2 is 1.80 bits per heavy atom. The van der Waals surface area contributed by atoms with Gasteiger partial charge in [-0.15, -0.1) is 0 Å². The quantitative estimate of drug-likeness (QED) is 0.670. The molecule has 5 nitrogen and oxygen atoms in total. The molecule has 158 valence electrons. The van der Waals surface area contributed by atoms with E-state index >= 15 is 0 Å². The van der Waals surface area contributed by atoms with E-state index in [-0.39, 0.29) is 11.6 Å². The molecule has 0 atom stereocenters. The van der Waals surface area contributed by atoms with Crippen LogP contribution >= 0.6 is 0 Å². The summed E-state index contributed by atoms with van der Waals surface area (Å²) in [6.45, 7) is 1.68. The summed E-state index contributed by atoms with van der Waals surface area (Å²) in [5.41, 5.74) is 1.26. The summed E-state index contributed by atoms with van der Waals surface area (Å²) in [5, 5.41) is 25.6. The van der Waals surface area contributed by atoms with E-state index in [1.165, 1.54) is 30.0 Å². The number of ether oxygens (including phenoxy) is 1. The summed E-state index contributed by atoms with van der Waals surface area (Å²) < 4.78 is 35.1. The Kier molecular flexibility index (Phi) is 5.34. The Bertz CT molecular complexity index is 1070. The lowest BCUT2D eigenvalue weighted by Gasteiger charge is -2.32. The second-order valence-electron chi connectivity index (χ2n) is 7.87. The summed E-state index contributed by atoms with van der Waals surface area (Å²) in [6, 6.07) is 11.0. The Morgan fingerprint density at radius 1 is 1.07 bits per heavy atom. The van der Waals surface area contributed by atoms with Gasteiger partial charge in [-0.3, -0.25) is 0 Å². The number of rotatable bonds is 4. The van der Waals surface area contributed by atoms with Gasteiger partial charge in [-0.1, -0.05) is 12.1 Å². The van der Waals surface area contributed by atoms with Crippen LogP contribution < -0.4 is 4.74 Å². The third-order valence-electron chi connectivity index (χ3n) is 5.82. The highest BCUT2D eigenvalue weighted by atomic mass is 19.1. The molecule has 1 aliphatic rings. The van der Waals surface area contributed by atoms with Crippen LogP contribution in [0, 0.1) is 18.6 Å². The number of hydrogen-bond acceptors (Lipinski definition) is 4. The Morgan fingerprint density at radius 3 is 2.43 bits per heavy atom. The van der Waals surface area contributed by atoms with Crippen molar-refractivity contribution in [3.63, 3.8) is 0 Å². The Labute approximate surface area is 173 Å². The van der Waals surface area contributed by atoms with Crippen LogP contribution in [-0.2, 0) is 5.60 Å². The molecule has 4 rings (SSSR count). The van der Waals surface area contributed by atoms with Gasteiger partial charge in [-0.2, -0.15) is 5.10 Å². The minimum absolute atomic E-state index is 0.106. The highest BCUT2D eigenvalue weighted by Gasteiger charge is 2.37. The summed E-state index contributed by atoms with van der Waals surface area (Å²) in [4.78, 5) is 0. The lowest BCUT2D eigenvalue weighted by atomic mass is 9.81. The van der Waals surface area contributed by atoms with Gasteiger partial charge in [0.25, 0.3) is 0 Å². The van der Waals surface area contributed by atoms with E-state index < -0.39 is 17.5 Å². The van der Waals surface area contributed by atoms with Gasteiger partial charge in [0.2, 0.25) is 0 Å². The maximum absolute atomic E-state index is 14.4. The van der Waals surface area contributed by atoms with E-state index in [4.69, 9.17) is 4.74 Å². The molecule has 0 bridgehead atoms. The highest BCUT2D eigenvalue weighted by Crippen LogP contribution is 2.39. The van der Waals surface area contributed by atoms with Crippen LogP contribution in [0.2, 0.25) is 0 Å². The molecule has 1 heterocycles. The molecule has 0 saturated heterocycles. The number of hydrogen-bond donors (Lipinski definition) is 2. The van der Waals surface area contributed by atoms with Crippen molar-refractivity contribution in [3.05, 3.63) is 65.4 Å². The number of halogens is 2. The van der Waals surface area contributed by atoms with Gasteiger partial charge >= 0.3 is 0 Å². The molecule has 0 amide bonds. The topological polar surface area (TPSA) is 67.5 Å². The standard InChI is InChI=1S/C23H24F2N2O3/c1-14-3-4-15(11-18(14)24)20-13-22(23(29)9-7-17(28)8-10-23)26-27(20)16-5-6-21(30-2)19(25)12-16/h3-6,11-13,17,28-29H,7-10H2,1-2H3. The fourth-order valence-corrected chi connectivity index (χ4v) is 3.89. The smallest absolute Gasteiger partial charge is 0.167 e. The number of aliphatic hydroxyl groups excluding tert-OH is 1. The molecule has 0 radical (unpaired) electrons. The van der Waals surface area contributed by atoms with E-state index in [2.05, 4.69) is 5.10 Å². The van der Waals surface area contributed by atoms with Gasteiger partial charge in [-0.25, -0.2) is 13.5 Å². The number of aromatic nitrogens is 2. The summed E-state index contributed by atoms with van der Waals surface area (Å²) in [5.74, 6) is -0.802. The third kappa shape index (κ3) is 3.70. The number of nitrogens with zero attached hydrogens (tertiary/aromatic N) is 2. The number of aryl methyl sites for hydroxylation is 1. The zero-order valence-corrected chi connectivity index (χ0v) is 16.9. The maximum Gasteiger partial charge on any atom is 0.167 e. The molecule has 3 aromatic rings. The summed E-state index contributed by atoms with van der Waals surface area (Å²) >= 11 is 0. The second kappa shape index (κ2) is 7.81. The lowest BCUT2D eigenvalue weighted by molar-refractivity contribution is -0.0393. The van der Waals surface area contributed by atoms with E-state index in [1.807, 2.05) is 0 Å². The normalized spacial score (nSPS) is 21.6. The van der Waals surface area contributed by atoms with Crippen molar-refractivity contribution in [2.45, 2.75) is 44.3 Å². The van der Waals surface area contributed by atoms with E-state index in [0.29, 0.717) is 53.9 Å². The van der Waals surface area contributed by atoms with Crippen molar-refractivity contribution in [2.24, 2.45) is 0 Å². The third-order valence-corrected chi connectivity index (χ3v) is 5.82. The number of aliphatic hydroxyl groups is 2. The van der Waals surface area contributed by atoms with Gasteiger partial charge in [-0.05, 0) is 62.4 Å². The SMILES string of the molecule is COc1ccc(-n2nc(C3(O)CCC(O)CC3)cc2-c2ccc(C)c(F)c2)cc1F. The van der Waals surface area contributed by atoms with Gasteiger partial charge < -0.3 is 14.9 Å². The highest BCUT2D eigenvalue weighted by molar-refractivity contribution is 5.64. The van der Waals surface area contributed by atoms with Crippen molar-refractivity contribution in [2.75, 3.05) is 7.11 Å². The van der Waals surface area contributed by atoms with Crippen molar-refractivity contribution in [1.82, 2.24) is 9.78 Å². The van der Waals surface area contributed by atoms with Crippen LogP contribution in [0.5, 0.6) is 5.75 Å². The monoisotopic (exact) mass is 414 g/mol. The largest absolute Gasteiger partial charge is 0.494 e. The van der Waals surface area contributed by atoms with Gasteiger partial charge in [0, 0.05) is 11.6 Å². The summed E-state index contributed by atoms with van der Waals surface area (Å²) in [7, 11) is 1.39. The first-order valence-corrected chi connectivity index (χ1v) is 9.92.